The number of rotatable bonds is 3. The van der Waals surface area contributed by atoms with Crippen LogP contribution in [0.1, 0.15) is 26.3 Å². The second kappa shape index (κ2) is 5.04. The average Bonchev–Trinajstić information content (AvgIpc) is 3.01. The van der Waals surface area contributed by atoms with Gasteiger partial charge >= 0.3 is 0 Å². The molecule has 0 radical (unpaired) electrons. The molecule has 2 heterocycles. The molecule has 3 aromatic rings. The van der Waals surface area contributed by atoms with Gasteiger partial charge in [0.1, 0.15) is 0 Å². The van der Waals surface area contributed by atoms with Gasteiger partial charge in [0.15, 0.2) is 5.76 Å². The molecular formula is C16H18N2OS. The fourth-order valence-electron chi connectivity index (χ4n) is 2.04. The summed E-state index contributed by atoms with van der Waals surface area (Å²) in [5.74, 6) is 0.878. The SMILES string of the molecule is CC(C)(C)NCc1cnoc1-c1cc2ccccc2s1. The lowest BCUT2D eigenvalue weighted by molar-refractivity contribution is 0.419. The van der Waals surface area contributed by atoms with E-state index in [0.717, 1.165) is 22.7 Å². The summed E-state index contributed by atoms with van der Waals surface area (Å²) < 4.78 is 6.74. The summed E-state index contributed by atoms with van der Waals surface area (Å²) in [6.45, 7) is 7.22. The first kappa shape index (κ1) is 13.3. The number of aromatic nitrogens is 1. The number of thiophene rings is 1. The standard InChI is InChI=1S/C16H18N2OS/c1-16(2,3)17-9-12-10-18-19-15(12)14-8-11-6-4-5-7-13(11)20-14/h4-8,10,17H,9H2,1-3H3. The Morgan fingerprint density at radius 2 is 2.05 bits per heavy atom. The molecule has 0 aliphatic heterocycles. The molecule has 3 nitrogen and oxygen atoms in total. The first-order valence-corrected chi connectivity index (χ1v) is 7.52. The summed E-state index contributed by atoms with van der Waals surface area (Å²) in [7, 11) is 0. The summed E-state index contributed by atoms with van der Waals surface area (Å²) >= 11 is 1.74. The van der Waals surface area contributed by atoms with Gasteiger partial charge in [-0.25, -0.2) is 0 Å². The molecule has 1 N–H and O–H groups in total. The van der Waals surface area contributed by atoms with E-state index in [1.54, 1.807) is 17.5 Å². The van der Waals surface area contributed by atoms with Crippen LogP contribution in [0, 0.1) is 0 Å². The molecule has 0 saturated carbocycles. The predicted molar refractivity (Wildman–Crippen MR) is 83.9 cm³/mol. The Morgan fingerprint density at radius 1 is 1.25 bits per heavy atom. The van der Waals surface area contributed by atoms with Crippen molar-refractivity contribution in [2.45, 2.75) is 32.9 Å². The van der Waals surface area contributed by atoms with Gasteiger partial charge in [-0.15, -0.1) is 11.3 Å². The normalized spacial score (nSPS) is 12.2. The van der Waals surface area contributed by atoms with Gasteiger partial charge in [-0.2, -0.15) is 0 Å². The van der Waals surface area contributed by atoms with Crippen LogP contribution >= 0.6 is 11.3 Å². The Bertz CT molecular complexity index is 688. The van der Waals surface area contributed by atoms with Crippen LogP contribution in [-0.2, 0) is 6.54 Å². The van der Waals surface area contributed by atoms with Gasteiger partial charge in [-0.3, -0.25) is 0 Å². The van der Waals surface area contributed by atoms with Crippen LogP contribution < -0.4 is 5.32 Å². The highest BCUT2D eigenvalue weighted by molar-refractivity contribution is 7.22. The van der Waals surface area contributed by atoms with Crippen LogP contribution in [-0.4, -0.2) is 10.7 Å². The van der Waals surface area contributed by atoms with E-state index in [-0.39, 0.29) is 5.54 Å². The summed E-state index contributed by atoms with van der Waals surface area (Å²) in [5, 5.41) is 8.68. The lowest BCUT2D eigenvalue weighted by Gasteiger charge is -2.19. The lowest BCUT2D eigenvalue weighted by atomic mass is 10.1. The summed E-state index contributed by atoms with van der Waals surface area (Å²) in [5.41, 5.74) is 1.18. The highest BCUT2D eigenvalue weighted by Crippen LogP contribution is 2.35. The molecule has 0 unspecified atom stereocenters. The van der Waals surface area contributed by atoms with Crippen LogP contribution in [0.2, 0.25) is 0 Å². The average molecular weight is 286 g/mol. The van der Waals surface area contributed by atoms with Gasteiger partial charge in [-0.05, 0) is 38.3 Å². The quantitative estimate of drug-likeness (QED) is 0.773. The molecule has 0 atom stereocenters. The third kappa shape index (κ3) is 2.76. The Morgan fingerprint density at radius 3 is 2.80 bits per heavy atom. The summed E-state index contributed by atoms with van der Waals surface area (Å²) in [6, 6.07) is 10.5. The predicted octanol–water partition coefficient (Wildman–Crippen LogP) is 4.44. The minimum atomic E-state index is 0.0781. The number of hydrogen-bond donors (Lipinski definition) is 1. The minimum Gasteiger partial charge on any atom is -0.355 e. The molecule has 104 valence electrons. The molecule has 4 heteroatoms. The highest BCUT2D eigenvalue weighted by atomic mass is 32.1. The maximum Gasteiger partial charge on any atom is 0.181 e. The zero-order valence-corrected chi connectivity index (χ0v) is 12.8. The van der Waals surface area contributed by atoms with Gasteiger partial charge in [-0.1, -0.05) is 23.4 Å². The molecule has 3 rings (SSSR count). The molecule has 0 aliphatic rings. The van der Waals surface area contributed by atoms with Gasteiger partial charge in [0.05, 0.1) is 11.1 Å². The topological polar surface area (TPSA) is 38.1 Å². The molecule has 0 aliphatic carbocycles. The molecule has 1 aromatic carbocycles. The van der Waals surface area contributed by atoms with Crippen molar-refractivity contribution in [3.63, 3.8) is 0 Å². The van der Waals surface area contributed by atoms with E-state index in [0.29, 0.717) is 0 Å². The van der Waals surface area contributed by atoms with Crippen LogP contribution in [0.4, 0.5) is 0 Å². The molecule has 0 amide bonds. The minimum absolute atomic E-state index is 0.0781. The molecular weight excluding hydrogens is 268 g/mol. The molecule has 0 fully saturated rings. The Labute approximate surface area is 122 Å². The van der Waals surface area contributed by atoms with Gasteiger partial charge in [0.25, 0.3) is 0 Å². The Hall–Kier alpha value is -1.65. The van der Waals surface area contributed by atoms with Crippen LogP contribution in [0.5, 0.6) is 0 Å². The zero-order valence-electron chi connectivity index (χ0n) is 11.9. The number of fused-ring (bicyclic) bond motifs is 1. The monoisotopic (exact) mass is 286 g/mol. The van der Waals surface area contributed by atoms with Gasteiger partial charge in [0.2, 0.25) is 0 Å². The third-order valence-electron chi connectivity index (χ3n) is 3.10. The van der Waals surface area contributed by atoms with Crippen molar-refractivity contribution in [3.05, 3.63) is 42.1 Å². The van der Waals surface area contributed by atoms with E-state index >= 15 is 0 Å². The number of hydrogen-bond acceptors (Lipinski definition) is 4. The van der Waals surface area contributed by atoms with Crippen LogP contribution in [0.25, 0.3) is 20.7 Å². The number of nitrogens with one attached hydrogen (secondary N) is 1. The van der Waals surface area contributed by atoms with Crippen LogP contribution in [0.3, 0.4) is 0 Å². The van der Waals surface area contributed by atoms with Gasteiger partial charge < -0.3 is 9.84 Å². The van der Waals surface area contributed by atoms with Crippen molar-refractivity contribution in [2.75, 3.05) is 0 Å². The van der Waals surface area contributed by atoms with E-state index in [1.165, 1.54) is 10.1 Å². The van der Waals surface area contributed by atoms with Crippen molar-refractivity contribution in [1.82, 2.24) is 10.5 Å². The summed E-state index contributed by atoms with van der Waals surface area (Å²) in [4.78, 5) is 1.13. The Kier molecular flexibility index (Phi) is 3.36. The van der Waals surface area contributed by atoms with Crippen molar-refractivity contribution in [2.24, 2.45) is 0 Å². The van der Waals surface area contributed by atoms with Crippen molar-refractivity contribution >= 4 is 21.4 Å². The number of nitrogens with zero attached hydrogens (tertiary/aromatic N) is 1. The van der Waals surface area contributed by atoms with E-state index in [9.17, 15) is 0 Å². The van der Waals surface area contributed by atoms with E-state index in [2.05, 4.69) is 61.6 Å². The van der Waals surface area contributed by atoms with Crippen molar-refractivity contribution in [3.8, 4) is 10.6 Å². The third-order valence-corrected chi connectivity index (χ3v) is 4.22. The van der Waals surface area contributed by atoms with E-state index in [1.807, 2.05) is 0 Å². The van der Waals surface area contributed by atoms with Gasteiger partial charge in [0, 0.05) is 22.3 Å². The zero-order chi connectivity index (χ0) is 14.2. The van der Waals surface area contributed by atoms with Crippen molar-refractivity contribution in [1.29, 1.82) is 0 Å². The van der Waals surface area contributed by atoms with Crippen LogP contribution in [0.15, 0.2) is 41.1 Å². The van der Waals surface area contributed by atoms with Crippen molar-refractivity contribution < 1.29 is 4.52 Å². The first-order valence-electron chi connectivity index (χ1n) is 6.70. The molecule has 20 heavy (non-hydrogen) atoms. The number of benzene rings is 1. The largest absolute Gasteiger partial charge is 0.355 e. The Balaban J connectivity index is 1.92. The maximum atomic E-state index is 5.47. The second-order valence-electron chi connectivity index (χ2n) is 5.93. The molecule has 0 bridgehead atoms. The fraction of sp³-hybridized carbons (Fsp3) is 0.312. The maximum absolute atomic E-state index is 5.47. The molecule has 0 spiro atoms. The lowest BCUT2D eigenvalue weighted by Crippen LogP contribution is -2.35. The van der Waals surface area contributed by atoms with E-state index in [4.69, 9.17) is 4.52 Å². The first-order chi connectivity index (χ1) is 9.53. The molecule has 2 aromatic heterocycles. The molecule has 0 saturated heterocycles. The summed E-state index contributed by atoms with van der Waals surface area (Å²) in [6.07, 6.45) is 1.80. The highest BCUT2D eigenvalue weighted by Gasteiger charge is 2.16. The second-order valence-corrected chi connectivity index (χ2v) is 7.02. The van der Waals surface area contributed by atoms with E-state index < -0.39 is 0 Å². The smallest absolute Gasteiger partial charge is 0.181 e. The fourth-order valence-corrected chi connectivity index (χ4v) is 3.12.